The number of benzene rings is 1. The van der Waals surface area contributed by atoms with E-state index in [2.05, 4.69) is 16.3 Å². The van der Waals surface area contributed by atoms with Gasteiger partial charge in [0.1, 0.15) is 6.26 Å². The lowest BCUT2D eigenvalue weighted by atomic mass is 10.1. The summed E-state index contributed by atoms with van der Waals surface area (Å²) in [6.07, 6.45) is 4.79. The molecule has 28 heavy (non-hydrogen) atoms. The minimum atomic E-state index is -1.11. The molecule has 2 N–H and O–H groups in total. The third-order valence-electron chi connectivity index (χ3n) is 4.54. The van der Waals surface area contributed by atoms with Crippen LogP contribution in [-0.2, 0) is 6.42 Å². The van der Waals surface area contributed by atoms with Gasteiger partial charge in [-0.2, -0.15) is 5.10 Å². The van der Waals surface area contributed by atoms with Gasteiger partial charge in [-0.05, 0) is 25.3 Å². The van der Waals surface area contributed by atoms with Crippen molar-refractivity contribution in [3.05, 3.63) is 65.7 Å². The monoisotopic (exact) mass is 381 g/mol. The van der Waals surface area contributed by atoms with E-state index in [0.717, 1.165) is 48.9 Å². The predicted octanol–water partition coefficient (Wildman–Crippen LogP) is 3.85. The standard InChI is InChI=1S/C21H23N3O4/c1-24(20(25)19-12-16(14-28-19)21(26)27)11-7-3-6-10-17-13-18(23-22-17)15-8-4-2-5-9-15/h2,4-5,8-9,12-14H,3,6-7,10-11H2,1H3,(H,22,23)(H,26,27). The molecule has 7 heteroatoms. The number of nitrogens with one attached hydrogen (secondary N) is 1. The van der Waals surface area contributed by atoms with Crippen LogP contribution in [0.25, 0.3) is 11.3 Å². The Morgan fingerprint density at radius 2 is 1.93 bits per heavy atom. The van der Waals surface area contributed by atoms with Crippen molar-refractivity contribution in [2.75, 3.05) is 13.6 Å². The minimum Gasteiger partial charge on any atom is -0.478 e. The van der Waals surface area contributed by atoms with Crippen LogP contribution in [0.4, 0.5) is 0 Å². The normalized spacial score (nSPS) is 10.8. The SMILES string of the molecule is CN(CCCCCc1cc(-c2ccccc2)n[nH]1)C(=O)c1cc(C(=O)O)co1. The highest BCUT2D eigenvalue weighted by Crippen LogP contribution is 2.18. The number of aryl methyl sites for hydroxylation is 1. The molecule has 0 atom stereocenters. The number of aromatic amines is 1. The summed E-state index contributed by atoms with van der Waals surface area (Å²) in [5.74, 6) is -1.38. The van der Waals surface area contributed by atoms with Crippen molar-refractivity contribution >= 4 is 11.9 Å². The Hall–Kier alpha value is -3.35. The van der Waals surface area contributed by atoms with E-state index in [0.29, 0.717) is 6.54 Å². The smallest absolute Gasteiger partial charge is 0.338 e. The van der Waals surface area contributed by atoms with Crippen LogP contribution < -0.4 is 0 Å². The Morgan fingerprint density at radius 3 is 2.64 bits per heavy atom. The van der Waals surface area contributed by atoms with Gasteiger partial charge in [0.15, 0.2) is 5.76 Å². The molecule has 0 aliphatic rings. The lowest BCUT2D eigenvalue weighted by molar-refractivity contribution is 0.0695. The summed E-state index contributed by atoms with van der Waals surface area (Å²) in [7, 11) is 1.69. The Kier molecular flexibility index (Phi) is 6.26. The number of rotatable bonds is 9. The van der Waals surface area contributed by atoms with Crippen molar-refractivity contribution in [3.63, 3.8) is 0 Å². The first-order valence-electron chi connectivity index (χ1n) is 9.21. The van der Waals surface area contributed by atoms with Crippen molar-refractivity contribution in [1.29, 1.82) is 0 Å². The van der Waals surface area contributed by atoms with Gasteiger partial charge in [-0.3, -0.25) is 9.89 Å². The maximum atomic E-state index is 12.2. The molecule has 0 spiro atoms. The van der Waals surface area contributed by atoms with E-state index in [-0.39, 0.29) is 17.2 Å². The molecule has 0 fully saturated rings. The number of unbranched alkanes of at least 4 members (excludes halogenated alkanes) is 2. The fourth-order valence-corrected chi connectivity index (χ4v) is 2.94. The molecule has 3 rings (SSSR count). The maximum Gasteiger partial charge on any atom is 0.338 e. The topological polar surface area (TPSA) is 99.4 Å². The first-order chi connectivity index (χ1) is 13.5. The fraction of sp³-hybridized carbons (Fsp3) is 0.286. The van der Waals surface area contributed by atoms with Gasteiger partial charge < -0.3 is 14.4 Å². The molecule has 0 bridgehead atoms. The van der Waals surface area contributed by atoms with Crippen molar-refractivity contribution < 1.29 is 19.1 Å². The molecule has 1 aromatic carbocycles. The van der Waals surface area contributed by atoms with Gasteiger partial charge in [0.05, 0.1) is 11.3 Å². The van der Waals surface area contributed by atoms with Gasteiger partial charge >= 0.3 is 5.97 Å². The number of hydrogen-bond acceptors (Lipinski definition) is 4. The molecule has 0 aliphatic carbocycles. The van der Waals surface area contributed by atoms with Crippen LogP contribution in [0, 0.1) is 0 Å². The fourth-order valence-electron chi connectivity index (χ4n) is 2.94. The molecule has 146 valence electrons. The Bertz CT molecular complexity index is 930. The zero-order valence-electron chi connectivity index (χ0n) is 15.7. The third kappa shape index (κ3) is 4.88. The van der Waals surface area contributed by atoms with Gasteiger partial charge in [0, 0.05) is 30.9 Å². The number of carbonyl (C=O) groups is 2. The molecule has 0 saturated heterocycles. The number of aromatic nitrogens is 2. The number of amides is 1. The second kappa shape index (κ2) is 9.03. The first-order valence-corrected chi connectivity index (χ1v) is 9.21. The number of aromatic carboxylic acids is 1. The van der Waals surface area contributed by atoms with E-state index in [1.165, 1.54) is 6.07 Å². The van der Waals surface area contributed by atoms with Crippen molar-refractivity contribution in [3.8, 4) is 11.3 Å². The molecular formula is C21H23N3O4. The van der Waals surface area contributed by atoms with Crippen molar-refractivity contribution in [1.82, 2.24) is 15.1 Å². The van der Waals surface area contributed by atoms with Gasteiger partial charge in [-0.15, -0.1) is 0 Å². The number of hydrogen-bond donors (Lipinski definition) is 2. The van der Waals surface area contributed by atoms with Crippen LogP contribution >= 0.6 is 0 Å². The Labute approximate surface area is 163 Å². The first kappa shape index (κ1) is 19.4. The van der Waals surface area contributed by atoms with Crippen LogP contribution in [0.15, 0.2) is 53.1 Å². The largest absolute Gasteiger partial charge is 0.478 e. The average molecular weight is 381 g/mol. The Morgan fingerprint density at radius 1 is 1.14 bits per heavy atom. The number of H-pyrrole nitrogens is 1. The summed E-state index contributed by atoms with van der Waals surface area (Å²) in [6.45, 7) is 0.584. The molecule has 0 unspecified atom stereocenters. The van der Waals surface area contributed by atoms with Crippen molar-refractivity contribution in [2.24, 2.45) is 0 Å². The lowest BCUT2D eigenvalue weighted by Crippen LogP contribution is -2.27. The average Bonchev–Trinajstić information content (AvgIpc) is 3.37. The highest BCUT2D eigenvalue weighted by molar-refractivity contribution is 5.95. The van der Waals surface area contributed by atoms with Crippen LogP contribution in [-0.4, -0.2) is 45.7 Å². The van der Waals surface area contributed by atoms with Gasteiger partial charge in [-0.1, -0.05) is 36.8 Å². The highest BCUT2D eigenvalue weighted by Gasteiger charge is 2.18. The van der Waals surface area contributed by atoms with Crippen molar-refractivity contribution in [2.45, 2.75) is 25.7 Å². The molecule has 3 aromatic rings. The number of carbonyl (C=O) groups excluding carboxylic acids is 1. The zero-order chi connectivity index (χ0) is 19.9. The third-order valence-corrected chi connectivity index (χ3v) is 4.54. The summed E-state index contributed by atoms with van der Waals surface area (Å²) in [6, 6.07) is 13.4. The van der Waals surface area contributed by atoms with Gasteiger partial charge in [-0.25, -0.2) is 4.79 Å². The van der Waals surface area contributed by atoms with E-state index in [4.69, 9.17) is 9.52 Å². The quantitative estimate of drug-likeness (QED) is 0.549. The maximum absolute atomic E-state index is 12.2. The highest BCUT2D eigenvalue weighted by atomic mass is 16.4. The van der Waals surface area contributed by atoms with E-state index in [1.54, 1.807) is 11.9 Å². The molecule has 1 amide bonds. The summed E-state index contributed by atoms with van der Waals surface area (Å²) < 4.78 is 5.05. The van der Waals surface area contributed by atoms with Gasteiger partial charge in [0.2, 0.25) is 0 Å². The number of carboxylic acid groups (broad SMARTS) is 1. The van der Waals surface area contributed by atoms with E-state index in [1.807, 2.05) is 30.3 Å². The van der Waals surface area contributed by atoms with E-state index < -0.39 is 5.97 Å². The number of furan rings is 1. The van der Waals surface area contributed by atoms with Crippen LogP contribution in [0.5, 0.6) is 0 Å². The number of carboxylic acids is 1. The summed E-state index contributed by atoms with van der Waals surface area (Å²) in [5.41, 5.74) is 3.11. The predicted molar refractivity (Wildman–Crippen MR) is 104 cm³/mol. The van der Waals surface area contributed by atoms with Crippen LogP contribution in [0.3, 0.4) is 0 Å². The molecule has 0 radical (unpaired) electrons. The lowest BCUT2D eigenvalue weighted by Gasteiger charge is -2.15. The molecule has 2 aromatic heterocycles. The molecule has 0 saturated carbocycles. The summed E-state index contributed by atoms with van der Waals surface area (Å²) >= 11 is 0. The molecule has 0 aliphatic heterocycles. The molecule has 2 heterocycles. The number of nitrogens with zero attached hydrogens (tertiary/aromatic N) is 2. The van der Waals surface area contributed by atoms with Crippen LogP contribution in [0.1, 0.15) is 45.9 Å². The van der Waals surface area contributed by atoms with E-state index >= 15 is 0 Å². The molecule has 7 nitrogen and oxygen atoms in total. The summed E-state index contributed by atoms with van der Waals surface area (Å²) in [4.78, 5) is 24.6. The summed E-state index contributed by atoms with van der Waals surface area (Å²) in [5, 5.41) is 16.3. The van der Waals surface area contributed by atoms with Crippen LogP contribution in [0.2, 0.25) is 0 Å². The van der Waals surface area contributed by atoms with E-state index in [9.17, 15) is 9.59 Å². The second-order valence-electron chi connectivity index (χ2n) is 6.69. The zero-order valence-corrected chi connectivity index (χ0v) is 15.7. The molecular weight excluding hydrogens is 358 g/mol. The minimum absolute atomic E-state index is 0.0221. The van der Waals surface area contributed by atoms with Gasteiger partial charge in [0.25, 0.3) is 5.91 Å². The second-order valence-corrected chi connectivity index (χ2v) is 6.69. The Balaban J connectivity index is 1.39.